The minimum Gasteiger partial charge on any atom is -0.338 e. The first-order valence-electron chi connectivity index (χ1n) is 9.68. The third-order valence-electron chi connectivity index (χ3n) is 5.18. The van der Waals surface area contributed by atoms with E-state index in [1.807, 2.05) is 42.3 Å². The van der Waals surface area contributed by atoms with Crippen LogP contribution in [-0.4, -0.2) is 54.0 Å². The highest BCUT2D eigenvalue weighted by Crippen LogP contribution is 2.25. The number of hydrogen-bond acceptors (Lipinski definition) is 4. The van der Waals surface area contributed by atoms with E-state index >= 15 is 0 Å². The van der Waals surface area contributed by atoms with Gasteiger partial charge < -0.3 is 15.1 Å². The number of benzene rings is 1. The van der Waals surface area contributed by atoms with E-state index in [1.165, 1.54) is 11.3 Å². The van der Waals surface area contributed by atoms with Crippen LogP contribution >= 0.6 is 11.3 Å². The summed E-state index contributed by atoms with van der Waals surface area (Å²) in [5.41, 5.74) is 0.723. The van der Waals surface area contributed by atoms with Crippen molar-refractivity contribution in [1.82, 2.24) is 9.80 Å². The molecule has 1 saturated heterocycles. The number of nitrogens with zero attached hydrogens (tertiary/aromatic N) is 2. The molecule has 0 saturated carbocycles. The molecule has 7 heteroatoms. The Balaban J connectivity index is 1.54. The summed E-state index contributed by atoms with van der Waals surface area (Å²) in [6.07, 6.45) is 1.99. The van der Waals surface area contributed by atoms with E-state index in [0.29, 0.717) is 15.9 Å². The minimum atomic E-state index is -0.318. The zero-order valence-corrected chi connectivity index (χ0v) is 17.5. The minimum absolute atomic E-state index is 0.0181. The highest BCUT2D eigenvalue weighted by atomic mass is 32.1. The summed E-state index contributed by atoms with van der Waals surface area (Å²) in [7, 11) is 1.88. The first kappa shape index (κ1) is 20.4. The standard InChI is InChI=1S/C21H28N4O2S/c1-15(2)25-13-11-17(12-14-25)24(3)20(26)18-9-10-19(28-18)23-21(27)22-16-7-5-4-6-8-16/h4-10,15,17H,11-14H2,1-3H3,(H2,22,23,27). The number of likely N-dealkylation sites (tertiary alicyclic amines) is 1. The third-order valence-corrected chi connectivity index (χ3v) is 6.17. The van der Waals surface area contributed by atoms with Gasteiger partial charge in [0.15, 0.2) is 0 Å². The molecule has 0 bridgehead atoms. The van der Waals surface area contributed by atoms with Crippen molar-refractivity contribution < 1.29 is 9.59 Å². The molecule has 1 aromatic heterocycles. The SMILES string of the molecule is CC(C)N1CCC(N(C)C(=O)c2ccc(NC(=O)Nc3ccccc3)s2)CC1. The average Bonchev–Trinajstić information content (AvgIpc) is 3.16. The summed E-state index contributed by atoms with van der Waals surface area (Å²) >= 11 is 1.30. The second kappa shape index (κ2) is 9.21. The second-order valence-corrected chi connectivity index (χ2v) is 8.47. The highest BCUT2D eigenvalue weighted by Gasteiger charge is 2.27. The quantitative estimate of drug-likeness (QED) is 0.785. The van der Waals surface area contributed by atoms with Crippen LogP contribution in [0.25, 0.3) is 0 Å². The molecular weight excluding hydrogens is 372 g/mol. The van der Waals surface area contributed by atoms with Crippen LogP contribution in [-0.2, 0) is 0 Å². The van der Waals surface area contributed by atoms with Gasteiger partial charge in [-0.25, -0.2) is 4.79 Å². The van der Waals surface area contributed by atoms with Crippen molar-refractivity contribution in [1.29, 1.82) is 0 Å². The van der Waals surface area contributed by atoms with Crippen LogP contribution in [0, 0.1) is 0 Å². The van der Waals surface area contributed by atoms with Crippen molar-refractivity contribution in [2.24, 2.45) is 0 Å². The lowest BCUT2D eigenvalue weighted by Gasteiger charge is -2.38. The zero-order chi connectivity index (χ0) is 20.1. The number of piperidine rings is 1. The highest BCUT2D eigenvalue weighted by molar-refractivity contribution is 7.18. The monoisotopic (exact) mass is 400 g/mol. The largest absolute Gasteiger partial charge is 0.338 e. The van der Waals surface area contributed by atoms with Crippen LogP contribution < -0.4 is 10.6 Å². The lowest BCUT2D eigenvalue weighted by atomic mass is 10.0. The molecule has 2 aromatic rings. The molecule has 0 radical (unpaired) electrons. The van der Waals surface area contributed by atoms with Crippen molar-refractivity contribution in [3.63, 3.8) is 0 Å². The number of carbonyl (C=O) groups excluding carboxylic acids is 2. The van der Waals surface area contributed by atoms with E-state index in [0.717, 1.165) is 31.6 Å². The summed E-state index contributed by atoms with van der Waals surface area (Å²) in [6, 6.07) is 13.3. The van der Waals surface area contributed by atoms with E-state index in [1.54, 1.807) is 12.1 Å². The molecule has 0 unspecified atom stereocenters. The van der Waals surface area contributed by atoms with Gasteiger partial charge in [0.25, 0.3) is 5.91 Å². The number of para-hydroxylation sites is 1. The molecule has 2 heterocycles. The van der Waals surface area contributed by atoms with E-state index < -0.39 is 0 Å². The average molecular weight is 401 g/mol. The molecule has 3 amide bonds. The zero-order valence-electron chi connectivity index (χ0n) is 16.6. The molecule has 1 aliphatic heterocycles. The van der Waals surface area contributed by atoms with Crippen molar-refractivity contribution in [2.75, 3.05) is 30.8 Å². The fraction of sp³-hybridized carbons (Fsp3) is 0.429. The summed E-state index contributed by atoms with van der Waals surface area (Å²) in [6.45, 7) is 6.47. The van der Waals surface area contributed by atoms with Crippen LogP contribution in [0.5, 0.6) is 0 Å². The van der Waals surface area contributed by atoms with Crippen molar-refractivity contribution >= 4 is 34.0 Å². The third kappa shape index (κ3) is 5.11. The van der Waals surface area contributed by atoms with Gasteiger partial charge in [0.1, 0.15) is 0 Å². The first-order valence-corrected chi connectivity index (χ1v) is 10.5. The fourth-order valence-electron chi connectivity index (χ4n) is 3.44. The molecule has 0 aliphatic carbocycles. The lowest BCUT2D eigenvalue weighted by Crippen LogP contribution is -2.47. The number of rotatable bonds is 5. The Bertz CT molecular complexity index is 798. The number of anilines is 2. The number of amides is 3. The van der Waals surface area contributed by atoms with Crippen LogP contribution in [0.15, 0.2) is 42.5 Å². The van der Waals surface area contributed by atoms with Crippen LogP contribution in [0.4, 0.5) is 15.5 Å². The number of urea groups is 1. The molecule has 6 nitrogen and oxygen atoms in total. The maximum atomic E-state index is 12.8. The van der Waals surface area contributed by atoms with E-state index in [2.05, 4.69) is 29.4 Å². The Kier molecular flexibility index (Phi) is 6.70. The van der Waals surface area contributed by atoms with Crippen molar-refractivity contribution in [3.8, 4) is 0 Å². The Labute approximate surface area is 170 Å². The van der Waals surface area contributed by atoms with Gasteiger partial charge in [-0.2, -0.15) is 0 Å². The van der Waals surface area contributed by atoms with Crippen molar-refractivity contribution in [2.45, 2.75) is 38.8 Å². The number of carbonyl (C=O) groups is 2. The molecule has 1 aromatic carbocycles. The molecule has 150 valence electrons. The Morgan fingerprint density at radius 1 is 1.07 bits per heavy atom. The molecule has 2 N–H and O–H groups in total. The van der Waals surface area contributed by atoms with E-state index in [9.17, 15) is 9.59 Å². The van der Waals surface area contributed by atoms with Gasteiger partial charge in [-0.1, -0.05) is 18.2 Å². The Morgan fingerprint density at radius 2 is 1.75 bits per heavy atom. The van der Waals surface area contributed by atoms with Gasteiger partial charge in [0.2, 0.25) is 0 Å². The Morgan fingerprint density at radius 3 is 2.39 bits per heavy atom. The maximum absolute atomic E-state index is 12.8. The van der Waals surface area contributed by atoms with Crippen molar-refractivity contribution in [3.05, 3.63) is 47.3 Å². The fourth-order valence-corrected chi connectivity index (χ4v) is 4.33. The summed E-state index contributed by atoms with van der Waals surface area (Å²) in [4.78, 5) is 29.9. The number of nitrogens with one attached hydrogen (secondary N) is 2. The van der Waals surface area contributed by atoms with Crippen LogP contribution in [0.1, 0.15) is 36.4 Å². The smallest absolute Gasteiger partial charge is 0.324 e. The van der Waals surface area contributed by atoms with E-state index in [4.69, 9.17) is 0 Å². The molecule has 0 spiro atoms. The van der Waals surface area contributed by atoms with Crippen LogP contribution in [0.2, 0.25) is 0 Å². The summed E-state index contributed by atoms with van der Waals surface area (Å²) < 4.78 is 0. The maximum Gasteiger partial charge on any atom is 0.324 e. The second-order valence-electron chi connectivity index (χ2n) is 7.39. The first-order chi connectivity index (χ1) is 13.4. The molecule has 1 fully saturated rings. The summed E-state index contributed by atoms with van der Waals surface area (Å²) in [5, 5.41) is 6.22. The van der Waals surface area contributed by atoms with Gasteiger partial charge in [-0.15, -0.1) is 11.3 Å². The summed E-state index contributed by atoms with van der Waals surface area (Å²) in [5.74, 6) is 0.0181. The van der Waals surface area contributed by atoms with Gasteiger partial charge in [-0.05, 0) is 51.0 Å². The Hall–Kier alpha value is -2.38. The lowest BCUT2D eigenvalue weighted by molar-refractivity contribution is 0.0620. The van der Waals surface area contributed by atoms with Gasteiger partial charge in [0.05, 0.1) is 9.88 Å². The number of hydrogen-bond donors (Lipinski definition) is 2. The van der Waals surface area contributed by atoms with Gasteiger partial charge in [0, 0.05) is 37.9 Å². The predicted octanol–water partition coefficient (Wildman–Crippen LogP) is 4.34. The topological polar surface area (TPSA) is 64.7 Å². The van der Waals surface area contributed by atoms with E-state index in [-0.39, 0.29) is 18.0 Å². The normalized spacial score (nSPS) is 15.4. The van der Waals surface area contributed by atoms with Gasteiger partial charge in [-0.3, -0.25) is 10.1 Å². The molecule has 28 heavy (non-hydrogen) atoms. The van der Waals surface area contributed by atoms with Gasteiger partial charge >= 0.3 is 6.03 Å². The molecular formula is C21H28N4O2S. The number of thiophene rings is 1. The molecule has 0 atom stereocenters. The molecule has 1 aliphatic rings. The molecule has 3 rings (SSSR count). The predicted molar refractivity (Wildman–Crippen MR) is 115 cm³/mol. The van der Waals surface area contributed by atoms with Crippen LogP contribution in [0.3, 0.4) is 0 Å².